The number of thioether (sulfide) groups is 1. The summed E-state index contributed by atoms with van der Waals surface area (Å²) in [7, 11) is 1.64. The van der Waals surface area contributed by atoms with Crippen molar-refractivity contribution in [3.8, 4) is 11.3 Å². The van der Waals surface area contributed by atoms with Crippen molar-refractivity contribution < 1.29 is 9.15 Å². The van der Waals surface area contributed by atoms with E-state index in [9.17, 15) is 9.59 Å². The zero-order valence-corrected chi connectivity index (χ0v) is 20.2. The minimum atomic E-state index is -0.243. The molecule has 1 N–H and O–H groups in total. The van der Waals surface area contributed by atoms with Gasteiger partial charge in [-0.25, -0.2) is 9.97 Å². The highest BCUT2D eigenvalue weighted by atomic mass is 32.2. The van der Waals surface area contributed by atoms with E-state index < -0.39 is 0 Å². The molecule has 0 radical (unpaired) electrons. The number of methoxy groups -OCH3 is 1. The first kappa shape index (κ1) is 22.6. The number of fused-ring (bicyclic) bond motifs is 2. The maximum Gasteiger partial charge on any atom is 0.262 e. The van der Waals surface area contributed by atoms with Crippen molar-refractivity contribution in [3.63, 3.8) is 0 Å². The van der Waals surface area contributed by atoms with E-state index in [-0.39, 0.29) is 16.4 Å². The van der Waals surface area contributed by atoms with Crippen molar-refractivity contribution in [3.05, 3.63) is 74.6 Å². The summed E-state index contributed by atoms with van der Waals surface area (Å²) in [6, 6.07) is 10.9. The van der Waals surface area contributed by atoms with Gasteiger partial charge in [0.15, 0.2) is 5.16 Å². The summed E-state index contributed by atoms with van der Waals surface area (Å²) < 4.78 is 12.3. The van der Waals surface area contributed by atoms with Crippen LogP contribution in [0.2, 0.25) is 0 Å². The molecule has 5 aromatic rings. The van der Waals surface area contributed by atoms with Crippen molar-refractivity contribution in [2.45, 2.75) is 30.3 Å². The third-order valence-electron chi connectivity index (χ3n) is 5.47. The molecule has 0 aliphatic carbocycles. The van der Waals surface area contributed by atoms with Crippen LogP contribution in [0.1, 0.15) is 24.4 Å². The van der Waals surface area contributed by atoms with Crippen LogP contribution in [0, 0.1) is 0 Å². The Hall–Kier alpha value is -3.21. The summed E-state index contributed by atoms with van der Waals surface area (Å²) in [6.45, 7) is 2.97. The monoisotopic (exact) mass is 494 g/mol. The number of H-pyrrole nitrogens is 1. The highest BCUT2D eigenvalue weighted by molar-refractivity contribution is 7.99. The molecule has 34 heavy (non-hydrogen) atoms. The molecule has 0 aliphatic heterocycles. The highest BCUT2D eigenvalue weighted by Gasteiger charge is 2.20. The van der Waals surface area contributed by atoms with Crippen LogP contribution in [0.15, 0.2) is 67.2 Å². The molecule has 1 unspecified atom stereocenters. The van der Waals surface area contributed by atoms with Crippen LogP contribution in [0.3, 0.4) is 0 Å². The molecule has 1 aromatic carbocycles. The van der Waals surface area contributed by atoms with Gasteiger partial charge < -0.3 is 14.1 Å². The molecule has 0 amide bonds. The lowest BCUT2D eigenvalue weighted by atomic mass is 10.2. The lowest BCUT2D eigenvalue weighted by Crippen LogP contribution is -2.24. The van der Waals surface area contributed by atoms with Gasteiger partial charge in [0, 0.05) is 31.2 Å². The van der Waals surface area contributed by atoms with Gasteiger partial charge >= 0.3 is 0 Å². The number of ether oxygens (including phenoxy) is 1. The van der Waals surface area contributed by atoms with Crippen molar-refractivity contribution in [2.75, 3.05) is 13.7 Å². The van der Waals surface area contributed by atoms with Crippen LogP contribution in [0.5, 0.6) is 0 Å². The topological polar surface area (TPSA) is 103 Å². The van der Waals surface area contributed by atoms with Crippen LogP contribution in [0.25, 0.3) is 32.4 Å². The standard InChI is InChI=1S/C24H22N4O4S2/c1-14(20-26-21(29)19-16(13-33-22(19)27-20)18-9-5-12-32-18)34-24-25-17-8-4-3-7-15(17)23(30)28(24)10-6-11-31-2/h3-5,7-9,12-14H,6,10-11H2,1-2H3,(H,26,27,29). The van der Waals surface area contributed by atoms with Gasteiger partial charge in [-0.15, -0.1) is 11.3 Å². The van der Waals surface area contributed by atoms with E-state index in [4.69, 9.17) is 19.1 Å². The van der Waals surface area contributed by atoms with Gasteiger partial charge in [0.2, 0.25) is 0 Å². The minimum Gasteiger partial charge on any atom is -0.464 e. The molecule has 0 fully saturated rings. The number of rotatable bonds is 8. The van der Waals surface area contributed by atoms with Crippen molar-refractivity contribution >= 4 is 44.2 Å². The fraction of sp³-hybridized carbons (Fsp3) is 0.250. The fourth-order valence-electron chi connectivity index (χ4n) is 3.79. The Balaban J connectivity index is 1.52. The molecule has 4 aromatic heterocycles. The number of furan rings is 1. The van der Waals surface area contributed by atoms with Gasteiger partial charge in [-0.1, -0.05) is 23.9 Å². The quantitative estimate of drug-likeness (QED) is 0.187. The second-order valence-electron chi connectivity index (χ2n) is 7.73. The SMILES string of the molecule is COCCCn1c(SC(C)c2nc3scc(-c4ccco4)c3c(=O)[nH]2)nc2ccccc2c1=O. The third-order valence-corrected chi connectivity index (χ3v) is 7.44. The summed E-state index contributed by atoms with van der Waals surface area (Å²) >= 11 is 2.80. The van der Waals surface area contributed by atoms with Crippen LogP contribution < -0.4 is 11.1 Å². The van der Waals surface area contributed by atoms with E-state index in [1.807, 2.05) is 36.6 Å². The average molecular weight is 495 g/mol. The molecule has 0 saturated heterocycles. The Kier molecular flexibility index (Phi) is 6.36. The van der Waals surface area contributed by atoms with Crippen LogP contribution in [-0.4, -0.2) is 33.2 Å². The largest absolute Gasteiger partial charge is 0.464 e. The zero-order chi connectivity index (χ0) is 23.7. The first-order valence-corrected chi connectivity index (χ1v) is 12.5. The Morgan fingerprint density at radius 2 is 2.06 bits per heavy atom. The van der Waals surface area contributed by atoms with E-state index in [1.165, 1.54) is 23.1 Å². The minimum absolute atomic E-state index is 0.0883. The molecule has 8 nitrogen and oxygen atoms in total. The smallest absolute Gasteiger partial charge is 0.262 e. The number of thiophene rings is 1. The fourth-order valence-corrected chi connectivity index (χ4v) is 5.71. The lowest BCUT2D eigenvalue weighted by molar-refractivity contribution is 0.189. The average Bonchev–Trinajstić information content (AvgIpc) is 3.51. The highest BCUT2D eigenvalue weighted by Crippen LogP contribution is 2.35. The molecular weight excluding hydrogens is 472 g/mol. The van der Waals surface area contributed by atoms with Crippen LogP contribution in [0.4, 0.5) is 0 Å². The normalized spacial score (nSPS) is 12.5. The van der Waals surface area contributed by atoms with Crippen LogP contribution in [-0.2, 0) is 11.3 Å². The van der Waals surface area contributed by atoms with Crippen molar-refractivity contribution in [1.29, 1.82) is 0 Å². The van der Waals surface area contributed by atoms with E-state index in [1.54, 1.807) is 30.1 Å². The number of aromatic nitrogens is 4. The molecule has 0 aliphatic rings. The molecule has 0 bridgehead atoms. The molecule has 10 heteroatoms. The van der Waals surface area contributed by atoms with Gasteiger partial charge in [0.1, 0.15) is 16.4 Å². The second-order valence-corrected chi connectivity index (χ2v) is 9.90. The van der Waals surface area contributed by atoms with E-state index in [0.717, 1.165) is 5.56 Å². The van der Waals surface area contributed by atoms with Gasteiger partial charge in [-0.3, -0.25) is 14.2 Å². The number of para-hydroxylation sites is 1. The zero-order valence-electron chi connectivity index (χ0n) is 18.6. The molecule has 0 spiro atoms. The van der Waals surface area contributed by atoms with E-state index >= 15 is 0 Å². The van der Waals surface area contributed by atoms with Gasteiger partial charge in [0.05, 0.1) is 27.8 Å². The summed E-state index contributed by atoms with van der Waals surface area (Å²) in [5.74, 6) is 1.16. The van der Waals surface area contributed by atoms with Gasteiger partial charge in [-0.05, 0) is 37.6 Å². The predicted molar refractivity (Wildman–Crippen MR) is 135 cm³/mol. The Labute approximate surface area is 202 Å². The second kappa shape index (κ2) is 9.57. The summed E-state index contributed by atoms with van der Waals surface area (Å²) in [6.07, 6.45) is 2.26. The summed E-state index contributed by atoms with van der Waals surface area (Å²) in [5, 5.41) is 3.31. The molecule has 0 saturated carbocycles. The van der Waals surface area contributed by atoms with E-state index in [0.29, 0.717) is 57.4 Å². The molecular formula is C24H22N4O4S2. The Bertz CT molecular complexity index is 1570. The van der Waals surface area contributed by atoms with Crippen molar-refractivity contribution in [1.82, 2.24) is 19.5 Å². The first-order valence-electron chi connectivity index (χ1n) is 10.8. The Morgan fingerprint density at radius 3 is 2.85 bits per heavy atom. The Morgan fingerprint density at radius 1 is 1.21 bits per heavy atom. The van der Waals surface area contributed by atoms with E-state index in [2.05, 4.69) is 4.98 Å². The van der Waals surface area contributed by atoms with Gasteiger partial charge in [-0.2, -0.15) is 0 Å². The lowest BCUT2D eigenvalue weighted by Gasteiger charge is -2.16. The summed E-state index contributed by atoms with van der Waals surface area (Å²) in [4.78, 5) is 39.2. The number of hydrogen-bond donors (Lipinski definition) is 1. The molecule has 174 valence electrons. The molecule has 1 atom stereocenters. The number of aromatic amines is 1. The predicted octanol–water partition coefficient (Wildman–Crippen LogP) is 4.84. The first-order chi connectivity index (χ1) is 16.6. The third kappa shape index (κ3) is 4.20. The maximum absolute atomic E-state index is 13.2. The number of benzene rings is 1. The van der Waals surface area contributed by atoms with Gasteiger partial charge in [0.25, 0.3) is 11.1 Å². The summed E-state index contributed by atoms with van der Waals surface area (Å²) in [5.41, 5.74) is 1.07. The number of nitrogens with one attached hydrogen (secondary N) is 1. The van der Waals surface area contributed by atoms with Crippen LogP contribution >= 0.6 is 23.1 Å². The number of hydrogen-bond acceptors (Lipinski definition) is 8. The molecule has 4 heterocycles. The molecule has 5 rings (SSSR count). The number of nitrogens with zero attached hydrogens (tertiary/aromatic N) is 3. The van der Waals surface area contributed by atoms with Crippen molar-refractivity contribution in [2.24, 2.45) is 0 Å². The maximum atomic E-state index is 13.2.